The molecule has 0 N–H and O–H groups in total. The maximum absolute atomic E-state index is 14.8. The molecule has 196 valence electrons. The first kappa shape index (κ1) is 26.2. The van der Waals surface area contributed by atoms with Crippen molar-refractivity contribution in [1.82, 2.24) is 14.7 Å². The van der Waals surface area contributed by atoms with Crippen LogP contribution in [0.5, 0.6) is 0 Å². The van der Waals surface area contributed by atoms with Crippen molar-refractivity contribution in [1.29, 1.82) is 0 Å². The zero-order valence-corrected chi connectivity index (χ0v) is 22.5. The molecule has 7 nitrogen and oxygen atoms in total. The highest BCUT2D eigenvalue weighted by molar-refractivity contribution is 5.89. The van der Waals surface area contributed by atoms with Crippen molar-refractivity contribution in [3.63, 3.8) is 0 Å². The van der Waals surface area contributed by atoms with E-state index in [1.165, 1.54) is 12.3 Å². The molecule has 2 aromatic rings. The van der Waals surface area contributed by atoms with Crippen molar-refractivity contribution in [3.05, 3.63) is 47.0 Å². The van der Waals surface area contributed by atoms with Crippen LogP contribution < -0.4 is 0 Å². The minimum Gasteiger partial charge on any atom is -0.456 e. The summed E-state index contributed by atoms with van der Waals surface area (Å²) in [4.78, 5) is 26.6. The summed E-state index contributed by atoms with van der Waals surface area (Å²) in [5, 5.41) is 4.32. The van der Waals surface area contributed by atoms with E-state index in [-0.39, 0.29) is 23.2 Å². The molecule has 1 aromatic heterocycles. The zero-order valence-electron chi connectivity index (χ0n) is 22.5. The maximum atomic E-state index is 14.8. The normalized spacial score (nSPS) is 18.2. The molecule has 36 heavy (non-hydrogen) atoms. The van der Waals surface area contributed by atoms with Crippen LogP contribution in [-0.4, -0.2) is 51.0 Å². The largest absolute Gasteiger partial charge is 0.456 e. The third kappa shape index (κ3) is 5.73. The van der Waals surface area contributed by atoms with Crippen molar-refractivity contribution >= 4 is 12.1 Å². The van der Waals surface area contributed by atoms with Gasteiger partial charge in [0, 0.05) is 24.7 Å². The Morgan fingerprint density at radius 2 is 1.64 bits per heavy atom. The number of halogens is 1. The predicted octanol–water partition coefficient (Wildman–Crippen LogP) is 6.17. The van der Waals surface area contributed by atoms with E-state index in [4.69, 9.17) is 9.47 Å². The summed E-state index contributed by atoms with van der Waals surface area (Å²) in [6.07, 6.45) is 6.66. The van der Waals surface area contributed by atoms with Crippen LogP contribution in [0.2, 0.25) is 0 Å². The van der Waals surface area contributed by atoms with Gasteiger partial charge in [-0.15, -0.1) is 0 Å². The second kappa shape index (κ2) is 9.20. The standard InChI is InChI=1S/C28H38FN3O4/c1-18-22(19-8-10-28(11-9-19)16-31(17-28)25(34)36-27(5,6)7)12-21(29)13-23(18)32-15-20(14-30-32)24(33)35-26(2,3)4/h12-15,19H,8-11,16-17H2,1-7H3. The molecular weight excluding hydrogens is 461 g/mol. The molecule has 1 amide bonds. The first-order chi connectivity index (χ1) is 16.6. The van der Waals surface area contributed by atoms with Gasteiger partial charge in [-0.05, 0) is 103 Å². The van der Waals surface area contributed by atoms with Gasteiger partial charge in [0.15, 0.2) is 0 Å². The van der Waals surface area contributed by atoms with E-state index in [2.05, 4.69) is 5.10 Å². The molecule has 4 rings (SSSR count). The van der Waals surface area contributed by atoms with Crippen LogP contribution in [0.3, 0.4) is 0 Å². The van der Waals surface area contributed by atoms with Gasteiger partial charge in [0.1, 0.15) is 17.0 Å². The van der Waals surface area contributed by atoms with E-state index in [0.29, 0.717) is 11.3 Å². The number of ether oxygens (including phenoxy) is 2. The lowest BCUT2D eigenvalue weighted by molar-refractivity contribution is -0.0506. The number of likely N-dealkylation sites (tertiary alicyclic amines) is 1. The summed E-state index contributed by atoms with van der Waals surface area (Å²) < 4.78 is 27.2. The first-order valence-electron chi connectivity index (χ1n) is 12.7. The quantitative estimate of drug-likeness (QED) is 0.472. The van der Waals surface area contributed by atoms with E-state index in [9.17, 15) is 14.0 Å². The number of benzene rings is 1. The average molecular weight is 500 g/mol. The fourth-order valence-corrected chi connectivity index (χ4v) is 5.32. The fraction of sp³-hybridized carbons (Fsp3) is 0.607. The third-order valence-electron chi connectivity index (χ3n) is 7.04. The monoisotopic (exact) mass is 499 g/mol. The first-order valence-corrected chi connectivity index (χ1v) is 12.7. The molecule has 1 aliphatic carbocycles. The number of esters is 1. The Labute approximate surface area is 212 Å². The van der Waals surface area contributed by atoms with E-state index in [1.807, 2.05) is 48.5 Å². The molecule has 2 fully saturated rings. The van der Waals surface area contributed by atoms with Gasteiger partial charge in [-0.1, -0.05) is 0 Å². The maximum Gasteiger partial charge on any atom is 0.410 e. The van der Waals surface area contributed by atoms with Gasteiger partial charge in [-0.2, -0.15) is 5.10 Å². The lowest BCUT2D eigenvalue weighted by Gasteiger charge is -2.53. The molecular formula is C28H38FN3O4. The van der Waals surface area contributed by atoms with Crippen LogP contribution in [0.1, 0.15) is 94.6 Å². The molecule has 1 spiro atoms. The summed E-state index contributed by atoms with van der Waals surface area (Å²) in [5.41, 5.74) is 1.93. The van der Waals surface area contributed by atoms with Crippen LogP contribution in [0.25, 0.3) is 5.69 Å². The Morgan fingerprint density at radius 3 is 2.22 bits per heavy atom. The SMILES string of the molecule is Cc1c(C2CCC3(CC2)CN(C(=O)OC(C)(C)C)C3)cc(F)cc1-n1cc(C(=O)OC(C)(C)C)cn1. The minimum atomic E-state index is -0.607. The summed E-state index contributed by atoms with van der Waals surface area (Å²) in [7, 11) is 0. The Hall–Kier alpha value is -2.90. The van der Waals surface area contributed by atoms with Gasteiger partial charge in [0.05, 0.1) is 17.4 Å². The molecule has 0 radical (unpaired) electrons. The van der Waals surface area contributed by atoms with E-state index in [0.717, 1.165) is 49.9 Å². The number of hydrogen-bond donors (Lipinski definition) is 0. The molecule has 1 saturated heterocycles. The number of aromatic nitrogens is 2. The Balaban J connectivity index is 1.44. The van der Waals surface area contributed by atoms with Gasteiger partial charge in [0.25, 0.3) is 0 Å². The highest BCUT2D eigenvalue weighted by atomic mass is 19.1. The second-order valence-electron chi connectivity index (χ2n) is 12.4. The summed E-state index contributed by atoms with van der Waals surface area (Å²) in [6, 6.07) is 3.09. The average Bonchev–Trinajstić information content (AvgIpc) is 3.21. The summed E-state index contributed by atoms with van der Waals surface area (Å²) in [5.74, 6) is -0.539. The Bertz CT molecular complexity index is 1140. The number of nitrogens with zero attached hydrogens (tertiary/aromatic N) is 3. The smallest absolute Gasteiger partial charge is 0.410 e. The molecule has 1 aromatic carbocycles. The summed E-state index contributed by atoms with van der Waals surface area (Å²) >= 11 is 0. The topological polar surface area (TPSA) is 73.7 Å². The molecule has 0 unspecified atom stereocenters. The predicted molar refractivity (Wildman–Crippen MR) is 135 cm³/mol. The van der Waals surface area contributed by atoms with Gasteiger partial charge < -0.3 is 14.4 Å². The highest BCUT2D eigenvalue weighted by Gasteiger charge is 2.48. The molecule has 2 heterocycles. The molecule has 2 aliphatic rings. The number of carbonyl (C=O) groups is 2. The van der Waals surface area contributed by atoms with Gasteiger partial charge in [0.2, 0.25) is 0 Å². The molecule has 1 saturated carbocycles. The third-order valence-corrected chi connectivity index (χ3v) is 7.04. The molecule has 0 bridgehead atoms. The van der Waals surface area contributed by atoms with Crippen molar-refractivity contribution in [3.8, 4) is 5.69 Å². The van der Waals surface area contributed by atoms with Crippen molar-refractivity contribution in [2.45, 2.75) is 91.3 Å². The number of amides is 1. The van der Waals surface area contributed by atoms with Crippen LogP contribution in [0.4, 0.5) is 9.18 Å². The zero-order chi connectivity index (χ0) is 26.5. The minimum absolute atomic E-state index is 0.141. The van der Waals surface area contributed by atoms with Crippen molar-refractivity contribution < 1.29 is 23.5 Å². The number of rotatable bonds is 3. The molecule has 8 heteroatoms. The van der Waals surface area contributed by atoms with Gasteiger partial charge in [-0.3, -0.25) is 0 Å². The van der Waals surface area contributed by atoms with Crippen molar-refractivity contribution in [2.75, 3.05) is 13.1 Å². The van der Waals surface area contributed by atoms with Crippen LogP contribution >= 0.6 is 0 Å². The van der Waals surface area contributed by atoms with Crippen LogP contribution in [0.15, 0.2) is 24.5 Å². The number of carbonyl (C=O) groups excluding carboxylic acids is 2. The molecule has 0 atom stereocenters. The van der Waals surface area contributed by atoms with Gasteiger partial charge in [-0.25, -0.2) is 18.7 Å². The highest BCUT2D eigenvalue weighted by Crippen LogP contribution is 2.49. The summed E-state index contributed by atoms with van der Waals surface area (Å²) in [6.45, 7) is 14.5. The van der Waals surface area contributed by atoms with Crippen LogP contribution in [-0.2, 0) is 9.47 Å². The Kier molecular flexibility index (Phi) is 6.69. The Morgan fingerprint density at radius 1 is 1.03 bits per heavy atom. The van der Waals surface area contributed by atoms with E-state index >= 15 is 0 Å². The number of hydrogen-bond acceptors (Lipinski definition) is 5. The lowest BCUT2D eigenvalue weighted by atomic mass is 9.64. The van der Waals surface area contributed by atoms with E-state index in [1.54, 1.807) is 21.8 Å². The lowest BCUT2D eigenvalue weighted by Crippen LogP contribution is -2.60. The second-order valence-corrected chi connectivity index (χ2v) is 12.4. The molecule has 1 aliphatic heterocycles. The van der Waals surface area contributed by atoms with Crippen LogP contribution in [0, 0.1) is 18.2 Å². The fourth-order valence-electron chi connectivity index (χ4n) is 5.32. The van der Waals surface area contributed by atoms with E-state index < -0.39 is 17.2 Å². The van der Waals surface area contributed by atoms with Crippen molar-refractivity contribution in [2.24, 2.45) is 5.41 Å². The van der Waals surface area contributed by atoms with Gasteiger partial charge >= 0.3 is 12.1 Å².